The zero-order valence-corrected chi connectivity index (χ0v) is 5.84. The molecule has 0 aromatic heterocycles. The van der Waals surface area contributed by atoms with Gasteiger partial charge >= 0.3 is 0 Å². The number of hydrogen-bond donors (Lipinski definition) is 0. The van der Waals surface area contributed by atoms with E-state index in [1.54, 1.807) is 0 Å². The van der Waals surface area contributed by atoms with Gasteiger partial charge in [0.2, 0.25) is 0 Å². The number of hydrogen-bond acceptors (Lipinski definition) is 0. The maximum absolute atomic E-state index is 2.54. The van der Waals surface area contributed by atoms with Gasteiger partial charge < -0.3 is 0 Å². The van der Waals surface area contributed by atoms with Gasteiger partial charge in [-0.05, 0) is 56.8 Å². The first-order valence-electron chi connectivity index (χ1n) is 4.12. The summed E-state index contributed by atoms with van der Waals surface area (Å²) in [5.74, 6) is 1.95. The minimum Gasteiger partial charge on any atom is -0.0499 e. The molecule has 2 atom stereocenters. The summed E-state index contributed by atoms with van der Waals surface area (Å²) >= 11 is 0. The first-order valence-corrected chi connectivity index (χ1v) is 4.12. The van der Waals surface area contributed by atoms with Crippen LogP contribution in [0.5, 0.6) is 0 Å². The van der Waals surface area contributed by atoms with E-state index in [1.807, 2.05) is 0 Å². The summed E-state index contributed by atoms with van der Waals surface area (Å²) in [4.78, 5) is 0. The molecule has 2 radical (unpaired) electrons. The Morgan fingerprint density at radius 2 is 1.78 bits per heavy atom. The first-order chi connectivity index (χ1) is 4.45. The molecule has 3 aliphatic carbocycles. The molecule has 0 amide bonds. The molecule has 0 aromatic carbocycles. The Bertz CT molecular complexity index is 70.7. The van der Waals surface area contributed by atoms with Crippen LogP contribution in [0.25, 0.3) is 0 Å². The molecule has 0 spiro atoms. The molecule has 0 heterocycles. The summed E-state index contributed by atoms with van der Waals surface area (Å²) in [5, 5.41) is 0. The Labute approximate surface area is 57.6 Å². The smallest absolute Gasteiger partial charge is 0.0352 e. The van der Waals surface area contributed by atoms with Crippen LogP contribution in [-0.4, -0.2) is 0 Å². The fraction of sp³-hybridized carbons (Fsp3) is 0.778. The normalized spacial score (nSPS) is 42.7. The summed E-state index contributed by atoms with van der Waals surface area (Å²) in [6, 6.07) is 0. The van der Waals surface area contributed by atoms with Crippen molar-refractivity contribution in [3.63, 3.8) is 0 Å². The summed E-state index contributed by atoms with van der Waals surface area (Å²) in [6.07, 6.45) is 12.2. The van der Waals surface area contributed by atoms with E-state index in [4.69, 9.17) is 0 Å². The van der Waals surface area contributed by atoms with Crippen LogP contribution in [0.3, 0.4) is 0 Å². The zero-order chi connectivity index (χ0) is 6.10. The molecule has 0 N–H and O–H groups in total. The van der Waals surface area contributed by atoms with E-state index in [0.717, 1.165) is 11.8 Å². The minimum absolute atomic E-state index is 0.962. The van der Waals surface area contributed by atoms with Crippen LogP contribution in [-0.2, 0) is 0 Å². The lowest BCUT2D eigenvalue weighted by atomic mass is 9.84. The lowest BCUT2D eigenvalue weighted by Gasteiger charge is -2.21. The third kappa shape index (κ3) is 1.12. The zero-order valence-electron chi connectivity index (χ0n) is 5.84. The van der Waals surface area contributed by atoms with E-state index in [2.05, 4.69) is 12.8 Å². The van der Waals surface area contributed by atoms with Crippen LogP contribution in [0.4, 0.5) is 0 Å². The Morgan fingerprint density at radius 3 is 2.56 bits per heavy atom. The average molecular weight is 122 g/mol. The highest BCUT2D eigenvalue weighted by atomic mass is 14.3. The van der Waals surface area contributed by atoms with E-state index < -0.39 is 0 Å². The molecule has 0 saturated heterocycles. The van der Waals surface area contributed by atoms with E-state index in [0.29, 0.717) is 0 Å². The number of rotatable bonds is 0. The van der Waals surface area contributed by atoms with Crippen molar-refractivity contribution in [1.82, 2.24) is 0 Å². The van der Waals surface area contributed by atoms with Crippen molar-refractivity contribution in [3.05, 3.63) is 12.8 Å². The molecular weight excluding hydrogens is 108 g/mol. The van der Waals surface area contributed by atoms with E-state index in [1.165, 1.54) is 32.1 Å². The first kappa shape index (κ1) is 5.76. The maximum Gasteiger partial charge on any atom is -0.0352 e. The summed E-state index contributed by atoms with van der Waals surface area (Å²) in [5.41, 5.74) is 0. The van der Waals surface area contributed by atoms with Crippen molar-refractivity contribution in [2.45, 2.75) is 32.1 Å². The minimum atomic E-state index is 0.962. The Hall–Kier alpha value is 0. The highest BCUT2D eigenvalue weighted by Crippen LogP contribution is 2.37. The standard InChI is InChI=1S/C9H14/c1-2-8-4-6-9(3-1)7-5-8/h2,6,8-9H,1,3-5,7H2. The fourth-order valence-electron chi connectivity index (χ4n) is 2.05. The highest BCUT2D eigenvalue weighted by Gasteiger charge is 2.24. The van der Waals surface area contributed by atoms with Gasteiger partial charge in [0.25, 0.3) is 0 Å². The van der Waals surface area contributed by atoms with Crippen molar-refractivity contribution >= 4 is 0 Å². The topological polar surface area (TPSA) is 0 Å². The molecule has 0 nitrogen and oxygen atoms in total. The van der Waals surface area contributed by atoms with Crippen LogP contribution in [0.2, 0.25) is 0 Å². The summed E-state index contributed by atoms with van der Waals surface area (Å²) in [7, 11) is 0. The Morgan fingerprint density at radius 1 is 0.889 bits per heavy atom. The van der Waals surface area contributed by atoms with Gasteiger partial charge in [0.1, 0.15) is 0 Å². The van der Waals surface area contributed by atoms with Crippen LogP contribution < -0.4 is 0 Å². The summed E-state index contributed by atoms with van der Waals surface area (Å²) in [6.45, 7) is 0. The van der Waals surface area contributed by atoms with Crippen LogP contribution in [0.1, 0.15) is 32.1 Å². The van der Waals surface area contributed by atoms with E-state index >= 15 is 0 Å². The molecule has 3 fully saturated rings. The molecule has 3 rings (SSSR count). The molecule has 0 heteroatoms. The fourth-order valence-corrected chi connectivity index (χ4v) is 2.05. The molecule has 3 aliphatic rings. The Kier molecular flexibility index (Phi) is 1.48. The third-order valence-electron chi connectivity index (χ3n) is 2.72. The Balaban J connectivity index is 2.03. The van der Waals surface area contributed by atoms with Gasteiger partial charge in [0, 0.05) is 0 Å². The maximum atomic E-state index is 2.54. The largest absolute Gasteiger partial charge is 0.0499 e. The monoisotopic (exact) mass is 122 g/mol. The van der Waals surface area contributed by atoms with Crippen molar-refractivity contribution < 1.29 is 0 Å². The van der Waals surface area contributed by atoms with Gasteiger partial charge in [0.05, 0.1) is 0 Å². The predicted octanol–water partition coefficient (Wildman–Crippen LogP) is 2.61. The second kappa shape index (κ2) is 2.32. The van der Waals surface area contributed by atoms with Gasteiger partial charge in [-0.1, -0.05) is 0 Å². The van der Waals surface area contributed by atoms with Gasteiger partial charge in [-0.15, -0.1) is 0 Å². The second-order valence-electron chi connectivity index (χ2n) is 3.38. The van der Waals surface area contributed by atoms with Gasteiger partial charge in [-0.2, -0.15) is 0 Å². The van der Waals surface area contributed by atoms with Gasteiger partial charge in [-0.25, -0.2) is 0 Å². The molecular formula is C9H14. The molecule has 2 unspecified atom stereocenters. The van der Waals surface area contributed by atoms with E-state index in [-0.39, 0.29) is 0 Å². The molecule has 0 aliphatic heterocycles. The van der Waals surface area contributed by atoms with Crippen LogP contribution in [0, 0.1) is 24.7 Å². The third-order valence-corrected chi connectivity index (χ3v) is 2.72. The molecule has 2 bridgehead atoms. The van der Waals surface area contributed by atoms with E-state index in [9.17, 15) is 0 Å². The lowest BCUT2D eigenvalue weighted by molar-refractivity contribution is 0.404. The van der Waals surface area contributed by atoms with Crippen molar-refractivity contribution in [2.24, 2.45) is 11.8 Å². The van der Waals surface area contributed by atoms with Crippen LogP contribution >= 0.6 is 0 Å². The van der Waals surface area contributed by atoms with Gasteiger partial charge in [-0.3, -0.25) is 0 Å². The lowest BCUT2D eigenvalue weighted by Crippen LogP contribution is -2.09. The molecule has 3 saturated carbocycles. The predicted molar refractivity (Wildman–Crippen MR) is 38.7 cm³/mol. The van der Waals surface area contributed by atoms with Crippen LogP contribution in [0.15, 0.2) is 0 Å². The van der Waals surface area contributed by atoms with Crippen molar-refractivity contribution in [2.75, 3.05) is 0 Å². The van der Waals surface area contributed by atoms with Gasteiger partial charge in [0.15, 0.2) is 0 Å². The summed E-state index contributed by atoms with van der Waals surface area (Å²) < 4.78 is 0. The SMILES string of the molecule is [CH]1CCC2[CH]CC1CC2. The molecule has 9 heavy (non-hydrogen) atoms. The molecule has 50 valence electrons. The molecule has 0 aromatic rings. The average Bonchev–Trinajstić information content (AvgIpc) is 2.21. The second-order valence-corrected chi connectivity index (χ2v) is 3.38. The quantitative estimate of drug-likeness (QED) is 0.463. The van der Waals surface area contributed by atoms with Crippen molar-refractivity contribution in [3.8, 4) is 0 Å². The number of fused-ring (bicyclic) bond motifs is 4. The van der Waals surface area contributed by atoms with Crippen molar-refractivity contribution in [1.29, 1.82) is 0 Å². The highest BCUT2D eigenvalue weighted by molar-refractivity contribution is 4.95.